The second kappa shape index (κ2) is 5.55. The molecule has 0 aliphatic carbocycles. The van der Waals surface area contributed by atoms with Gasteiger partial charge in [-0.2, -0.15) is 0 Å². The molecular formula is C12H10BrF3N2O3. The lowest BCUT2D eigenvalue weighted by molar-refractivity contribution is -0.274. The van der Waals surface area contributed by atoms with E-state index in [9.17, 15) is 22.8 Å². The first-order valence-corrected chi connectivity index (χ1v) is 6.61. The number of halogens is 4. The van der Waals surface area contributed by atoms with Gasteiger partial charge < -0.3 is 15.4 Å². The molecule has 2 rings (SSSR count). The van der Waals surface area contributed by atoms with Gasteiger partial charge in [0.25, 0.3) is 0 Å². The van der Waals surface area contributed by atoms with Crippen LogP contribution in [-0.4, -0.2) is 24.7 Å². The molecule has 114 valence electrons. The lowest BCUT2D eigenvalue weighted by Crippen LogP contribution is -2.28. The highest BCUT2D eigenvalue weighted by atomic mass is 79.9. The van der Waals surface area contributed by atoms with E-state index in [1.54, 1.807) is 0 Å². The fourth-order valence-electron chi connectivity index (χ4n) is 2.03. The number of nitrogens with two attached hydrogens (primary N) is 1. The predicted octanol–water partition coefficient (Wildman–Crippen LogP) is 2.19. The van der Waals surface area contributed by atoms with Crippen molar-refractivity contribution in [3.8, 4) is 5.75 Å². The number of amides is 2. The Morgan fingerprint density at radius 2 is 2.10 bits per heavy atom. The maximum absolute atomic E-state index is 12.1. The van der Waals surface area contributed by atoms with E-state index >= 15 is 0 Å². The summed E-state index contributed by atoms with van der Waals surface area (Å²) in [4.78, 5) is 24.3. The third-order valence-electron chi connectivity index (χ3n) is 2.97. The molecule has 0 bridgehead atoms. The molecule has 1 heterocycles. The van der Waals surface area contributed by atoms with Crippen molar-refractivity contribution in [2.75, 3.05) is 11.4 Å². The standard InChI is InChI=1S/C12H10BrF3N2O3/c13-8-4-7(21-12(14,15)16)1-2-9(8)18-5-6(11(17)20)3-10(18)19/h1-2,4,6H,3,5H2,(H2,17,20). The third kappa shape index (κ3) is 3.66. The van der Waals surface area contributed by atoms with E-state index in [0.717, 1.165) is 12.1 Å². The first-order valence-electron chi connectivity index (χ1n) is 5.82. The highest BCUT2D eigenvalue weighted by Crippen LogP contribution is 2.35. The van der Waals surface area contributed by atoms with Gasteiger partial charge in [0.2, 0.25) is 11.8 Å². The highest BCUT2D eigenvalue weighted by Gasteiger charge is 2.35. The van der Waals surface area contributed by atoms with E-state index in [4.69, 9.17) is 5.73 Å². The van der Waals surface area contributed by atoms with E-state index in [0.29, 0.717) is 5.69 Å². The zero-order chi connectivity index (χ0) is 15.8. The average molecular weight is 367 g/mol. The molecule has 2 N–H and O–H groups in total. The minimum absolute atomic E-state index is 0.0113. The number of anilines is 1. The van der Waals surface area contributed by atoms with Crippen molar-refractivity contribution in [1.82, 2.24) is 0 Å². The summed E-state index contributed by atoms with van der Waals surface area (Å²) in [5.41, 5.74) is 5.52. The second-order valence-electron chi connectivity index (χ2n) is 4.47. The van der Waals surface area contributed by atoms with E-state index < -0.39 is 23.9 Å². The molecule has 0 saturated carbocycles. The van der Waals surface area contributed by atoms with E-state index in [1.165, 1.54) is 11.0 Å². The molecule has 0 spiro atoms. The minimum Gasteiger partial charge on any atom is -0.406 e. The number of carbonyl (C=O) groups is 2. The van der Waals surface area contributed by atoms with E-state index in [2.05, 4.69) is 20.7 Å². The first kappa shape index (κ1) is 15.6. The van der Waals surface area contributed by atoms with Crippen molar-refractivity contribution in [3.05, 3.63) is 22.7 Å². The number of primary amides is 1. The van der Waals surface area contributed by atoms with Gasteiger partial charge in [0, 0.05) is 17.4 Å². The van der Waals surface area contributed by atoms with Crippen molar-refractivity contribution in [2.45, 2.75) is 12.8 Å². The topological polar surface area (TPSA) is 72.6 Å². The summed E-state index contributed by atoms with van der Waals surface area (Å²) < 4.78 is 40.4. The van der Waals surface area contributed by atoms with Crippen LogP contribution in [0.3, 0.4) is 0 Å². The summed E-state index contributed by atoms with van der Waals surface area (Å²) in [7, 11) is 0. The Labute approximate surface area is 126 Å². The number of rotatable bonds is 3. The molecule has 0 radical (unpaired) electrons. The van der Waals surface area contributed by atoms with E-state index in [1.807, 2.05) is 0 Å². The van der Waals surface area contributed by atoms with Gasteiger partial charge >= 0.3 is 6.36 Å². The Balaban J connectivity index is 2.22. The molecule has 1 fully saturated rings. The summed E-state index contributed by atoms with van der Waals surface area (Å²) in [5.74, 6) is -1.91. The Morgan fingerprint density at radius 3 is 2.57 bits per heavy atom. The minimum atomic E-state index is -4.79. The number of carbonyl (C=O) groups excluding carboxylic acids is 2. The molecule has 1 aliphatic heterocycles. The van der Waals surface area contributed by atoms with Crippen molar-refractivity contribution in [1.29, 1.82) is 0 Å². The SMILES string of the molecule is NC(=O)C1CC(=O)N(c2ccc(OC(F)(F)F)cc2Br)C1. The number of hydrogen-bond acceptors (Lipinski definition) is 3. The molecule has 9 heteroatoms. The van der Waals surface area contributed by atoms with Gasteiger partial charge in [-0.25, -0.2) is 0 Å². The molecule has 2 amide bonds. The van der Waals surface area contributed by atoms with Gasteiger partial charge in [0.15, 0.2) is 0 Å². The second-order valence-corrected chi connectivity index (χ2v) is 5.32. The van der Waals surface area contributed by atoms with Crippen molar-refractivity contribution in [3.63, 3.8) is 0 Å². The molecule has 1 aliphatic rings. The monoisotopic (exact) mass is 366 g/mol. The number of alkyl halides is 3. The van der Waals surface area contributed by atoms with Crippen LogP contribution >= 0.6 is 15.9 Å². The van der Waals surface area contributed by atoms with Crippen molar-refractivity contribution in [2.24, 2.45) is 11.7 Å². The third-order valence-corrected chi connectivity index (χ3v) is 3.61. The molecule has 1 aromatic rings. The van der Waals surface area contributed by atoms with E-state index in [-0.39, 0.29) is 23.3 Å². The lowest BCUT2D eigenvalue weighted by atomic mass is 10.1. The normalized spacial score (nSPS) is 19.0. The smallest absolute Gasteiger partial charge is 0.406 e. The largest absolute Gasteiger partial charge is 0.573 e. The van der Waals surface area contributed by atoms with Crippen molar-refractivity contribution < 1.29 is 27.5 Å². The number of ether oxygens (including phenoxy) is 1. The van der Waals surface area contributed by atoms with Crippen LogP contribution in [0.25, 0.3) is 0 Å². The number of benzene rings is 1. The van der Waals surface area contributed by atoms with Gasteiger partial charge in [-0.3, -0.25) is 9.59 Å². The average Bonchev–Trinajstić information content (AvgIpc) is 2.69. The molecular weight excluding hydrogens is 357 g/mol. The first-order chi connectivity index (χ1) is 9.67. The van der Waals surface area contributed by atoms with Crippen LogP contribution in [0.5, 0.6) is 5.75 Å². The molecule has 1 saturated heterocycles. The molecule has 1 unspecified atom stereocenters. The Morgan fingerprint density at radius 1 is 1.43 bits per heavy atom. The molecule has 1 aromatic carbocycles. The summed E-state index contributed by atoms with van der Waals surface area (Å²) in [6.07, 6.45) is -4.80. The number of nitrogens with zero attached hydrogens (tertiary/aromatic N) is 1. The van der Waals surface area contributed by atoms with Crippen LogP contribution in [0.4, 0.5) is 18.9 Å². The summed E-state index contributed by atoms with van der Waals surface area (Å²) in [6, 6.07) is 3.51. The van der Waals surface area contributed by atoms with Gasteiger partial charge in [0.05, 0.1) is 11.6 Å². The zero-order valence-corrected chi connectivity index (χ0v) is 12.1. The van der Waals surface area contributed by atoms with Gasteiger partial charge in [-0.15, -0.1) is 13.2 Å². The van der Waals surface area contributed by atoms with Gasteiger partial charge in [0.1, 0.15) is 5.75 Å². The predicted molar refractivity (Wildman–Crippen MR) is 70.5 cm³/mol. The molecule has 1 atom stereocenters. The molecule has 0 aromatic heterocycles. The van der Waals surface area contributed by atoms with Crippen LogP contribution in [0.1, 0.15) is 6.42 Å². The fraction of sp³-hybridized carbons (Fsp3) is 0.333. The Bertz CT molecular complexity index is 592. The summed E-state index contributed by atoms with van der Waals surface area (Å²) in [6.45, 7) is 0.103. The lowest BCUT2D eigenvalue weighted by Gasteiger charge is -2.19. The molecule has 21 heavy (non-hydrogen) atoms. The van der Waals surface area contributed by atoms with Crippen LogP contribution in [0.2, 0.25) is 0 Å². The van der Waals surface area contributed by atoms with Gasteiger partial charge in [-0.1, -0.05) is 0 Å². The highest BCUT2D eigenvalue weighted by molar-refractivity contribution is 9.10. The van der Waals surface area contributed by atoms with Crippen LogP contribution in [0, 0.1) is 5.92 Å². The van der Waals surface area contributed by atoms with Crippen molar-refractivity contribution >= 4 is 33.4 Å². The van der Waals surface area contributed by atoms with Crippen LogP contribution < -0.4 is 15.4 Å². The Hall–Kier alpha value is -1.77. The molecule has 5 nitrogen and oxygen atoms in total. The van der Waals surface area contributed by atoms with Crippen LogP contribution in [-0.2, 0) is 9.59 Å². The summed E-state index contributed by atoms with van der Waals surface area (Å²) in [5, 5.41) is 0. The maximum atomic E-state index is 12.1. The zero-order valence-electron chi connectivity index (χ0n) is 10.5. The fourth-order valence-corrected chi connectivity index (χ4v) is 2.61. The van der Waals surface area contributed by atoms with Crippen LogP contribution in [0.15, 0.2) is 22.7 Å². The maximum Gasteiger partial charge on any atom is 0.573 e. The number of hydrogen-bond donors (Lipinski definition) is 1. The Kier molecular flexibility index (Phi) is 4.13. The summed E-state index contributed by atoms with van der Waals surface area (Å²) >= 11 is 3.09. The quantitative estimate of drug-likeness (QED) is 0.890. The van der Waals surface area contributed by atoms with Gasteiger partial charge in [-0.05, 0) is 34.1 Å².